The molecule has 1 aliphatic heterocycles. The van der Waals surface area contributed by atoms with Gasteiger partial charge in [0, 0.05) is 36.3 Å². The maximum atomic E-state index is 10.4. The molecule has 164 valence electrons. The molecule has 2 aromatic rings. The topological polar surface area (TPSA) is 78.3 Å². The van der Waals surface area contributed by atoms with Crippen molar-refractivity contribution < 1.29 is 14.6 Å². The van der Waals surface area contributed by atoms with Crippen molar-refractivity contribution in [2.24, 2.45) is 5.10 Å². The predicted octanol–water partition coefficient (Wildman–Crippen LogP) is 3.09. The number of aliphatic hydroxyl groups excluding tert-OH is 1. The number of aryl methyl sites for hydroxylation is 1. The van der Waals surface area contributed by atoms with Crippen molar-refractivity contribution >= 4 is 23.6 Å². The normalized spacial score (nSPS) is 17.6. The second-order valence-electron chi connectivity index (χ2n) is 7.48. The highest BCUT2D eigenvalue weighted by Crippen LogP contribution is 2.26. The van der Waals surface area contributed by atoms with Crippen LogP contribution in [0.1, 0.15) is 36.5 Å². The number of fused-ring (bicyclic) bond motifs is 1. The first-order valence-electron chi connectivity index (χ1n) is 10.6. The van der Waals surface area contributed by atoms with Crippen LogP contribution in [0.25, 0.3) is 5.70 Å². The quantitative estimate of drug-likeness (QED) is 0.520. The van der Waals surface area contributed by atoms with Gasteiger partial charge in [-0.2, -0.15) is 5.10 Å². The molecule has 0 saturated carbocycles. The number of carbonyl (C=O) groups is 1. The van der Waals surface area contributed by atoms with Gasteiger partial charge in [-0.3, -0.25) is 14.8 Å². The van der Waals surface area contributed by atoms with Crippen LogP contribution in [0.2, 0.25) is 0 Å². The molecular formula is C24H30N4O3. The van der Waals surface area contributed by atoms with E-state index >= 15 is 0 Å². The summed E-state index contributed by atoms with van der Waals surface area (Å²) in [5, 5.41) is 16.4. The Morgan fingerprint density at radius 1 is 1.26 bits per heavy atom. The van der Waals surface area contributed by atoms with Crippen LogP contribution in [0.15, 0.2) is 53.9 Å². The summed E-state index contributed by atoms with van der Waals surface area (Å²) >= 11 is 0. The number of anilines is 1. The van der Waals surface area contributed by atoms with Gasteiger partial charge in [0.2, 0.25) is 0 Å². The van der Waals surface area contributed by atoms with E-state index < -0.39 is 0 Å². The molecule has 0 radical (unpaired) electrons. The highest BCUT2D eigenvalue weighted by molar-refractivity contribution is 6.00. The van der Waals surface area contributed by atoms with Gasteiger partial charge in [0.25, 0.3) is 6.47 Å². The fourth-order valence-corrected chi connectivity index (χ4v) is 3.72. The van der Waals surface area contributed by atoms with E-state index in [1.807, 2.05) is 31.1 Å². The number of nitrogens with zero attached hydrogens (tertiary/aromatic N) is 4. The third kappa shape index (κ3) is 5.92. The van der Waals surface area contributed by atoms with Crippen molar-refractivity contribution in [1.82, 2.24) is 9.99 Å². The van der Waals surface area contributed by atoms with Gasteiger partial charge < -0.3 is 14.7 Å². The molecule has 0 unspecified atom stereocenters. The van der Waals surface area contributed by atoms with E-state index in [9.17, 15) is 9.90 Å². The lowest BCUT2D eigenvalue weighted by Crippen LogP contribution is -2.24. The molecule has 1 aromatic heterocycles. The van der Waals surface area contributed by atoms with Crippen molar-refractivity contribution in [1.29, 1.82) is 0 Å². The van der Waals surface area contributed by atoms with Crippen LogP contribution in [0, 0.1) is 0 Å². The number of benzene rings is 1. The lowest BCUT2D eigenvalue weighted by molar-refractivity contribution is -0.128. The minimum absolute atomic E-state index is 0.0126. The summed E-state index contributed by atoms with van der Waals surface area (Å²) < 4.78 is 4.83. The third-order valence-electron chi connectivity index (χ3n) is 5.36. The summed E-state index contributed by atoms with van der Waals surface area (Å²) in [5.41, 5.74) is 6.37. The Labute approximate surface area is 183 Å². The molecule has 1 aliphatic rings. The zero-order chi connectivity index (χ0) is 22.1. The van der Waals surface area contributed by atoms with E-state index in [1.165, 1.54) is 5.56 Å². The average molecular weight is 423 g/mol. The smallest absolute Gasteiger partial charge is 0.293 e. The number of aliphatic hydroxyl groups is 1. The standard InChI is InChI=1S/C24H30N4O3/c1-19-23-8-7-22(27(2)14-16-31-18-30)17-21(23)5-3-4-6-24(28(26-19)13-15-29)20-9-11-25-12-10-20/h6-12,17-18,29H,3-5,13-16H2,1-2H3/b24-6+,26-19+. The molecule has 1 aromatic carbocycles. The summed E-state index contributed by atoms with van der Waals surface area (Å²) in [6.45, 7) is 3.91. The Balaban J connectivity index is 1.93. The average Bonchev–Trinajstić information content (AvgIpc) is 2.79. The Morgan fingerprint density at radius 2 is 2.06 bits per heavy atom. The highest BCUT2D eigenvalue weighted by Gasteiger charge is 2.16. The van der Waals surface area contributed by atoms with Gasteiger partial charge in [-0.05, 0) is 56.0 Å². The fourth-order valence-electron chi connectivity index (χ4n) is 3.72. The molecule has 7 heteroatoms. The number of hydrogen-bond donors (Lipinski definition) is 1. The lowest BCUT2D eigenvalue weighted by Gasteiger charge is -2.25. The van der Waals surface area contributed by atoms with Crippen LogP contribution in [0.3, 0.4) is 0 Å². The molecule has 7 nitrogen and oxygen atoms in total. The molecule has 0 atom stereocenters. The Kier molecular flexibility index (Phi) is 8.18. The number of hydrogen-bond acceptors (Lipinski definition) is 7. The minimum atomic E-state index is 0.0126. The van der Waals surface area contributed by atoms with Gasteiger partial charge in [0.1, 0.15) is 6.61 Å². The molecule has 1 N–H and O–H groups in total. The van der Waals surface area contributed by atoms with Gasteiger partial charge in [-0.1, -0.05) is 12.1 Å². The third-order valence-corrected chi connectivity index (χ3v) is 5.36. The summed E-state index contributed by atoms with van der Waals surface area (Å²) in [7, 11) is 1.99. The SMILES string of the molecule is C/C1=N\N(CCO)/C(c2ccncc2)=C/CCCc2cc(N(C)CCOC=O)ccc21. The number of hydrazone groups is 1. The van der Waals surface area contributed by atoms with Gasteiger partial charge in [0.15, 0.2) is 0 Å². The zero-order valence-corrected chi connectivity index (χ0v) is 18.2. The molecule has 0 saturated heterocycles. The first-order valence-corrected chi connectivity index (χ1v) is 10.6. The summed E-state index contributed by atoms with van der Waals surface area (Å²) in [6, 6.07) is 10.3. The van der Waals surface area contributed by atoms with E-state index in [-0.39, 0.29) is 6.61 Å². The van der Waals surface area contributed by atoms with Crippen molar-refractivity contribution in [2.45, 2.75) is 26.2 Å². The molecule has 0 bridgehead atoms. The lowest BCUT2D eigenvalue weighted by atomic mass is 9.97. The number of ether oxygens (including phenoxy) is 1. The molecule has 0 fully saturated rings. The monoisotopic (exact) mass is 422 g/mol. The van der Waals surface area contributed by atoms with Crippen LogP contribution in [0.5, 0.6) is 0 Å². The summed E-state index contributed by atoms with van der Waals surface area (Å²) in [5.74, 6) is 0. The van der Waals surface area contributed by atoms with Crippen molar-refractivity contribution in [3.05, 3.63) is 65.5 Å². The first-order chi connectivity index (χ1) is 15.1. The molecular weight excluding hydrogens is 392 g/mol. The Morgan fingerprint density at radius 3 is 2.81 bits per heavy atom. The van der Waals surface area contributed by atoms with Gasteiger partial charge in [0.05, 0.1) is 31.1 Å². The van der Waals surface area contributed by atoms with Crippen LogP contribution in [-0.4, -0.2) is 60.6 Å². The largest absolute Gasteiger partial charge is 0.466 e. The van der Waals surface area contributed by atoms with E-state index in [4.69, 9.17) is 9.84 Å². The number of aromatic nitrogens is 1. The Bertz CT molecular complexity index is 928. The van der Waals surface area contributed by atoms with Gasteiger partial charge in [-0.15, -0.1) is 0 Å². The van der Waals surface area contributed by atoms with E-state index in [1.54, 1.807) is 12.4 Å². The first kappa shape index (κ1) is 22.5. The van der Waals surface area contributed by atoms with E-state index in [2.05, 4.69) is 34.2 Å². The molecule has 0 aliphatic carbocycles. The van der Waals surface area contributed by atoms with Gasteiger partial charge >= 0.3 is 0 Å². The second kappa shape index (κ2) is 11.3. The van der Waals surface area contributed by atoms with Crippen molar-refractivity contribution in [2.75, 3.05) is 38.3 Å². The van der Waals surface area contributed by atoms with Crippen LogP contribution in [-0.2, 0) is 16.0 Å². The number of carbonyl (C=O) groups excluding carboxylic acids is 1. The highest BCUT2D eigenvalue weighted by atomic mass is 16.5. The molecule has 3 rings (SSSR count). The maximum absolute atomic E-state index is 10.4. The summed E-state index contributed by atoms with van der Waals surface area (Å²) in [6.07, 6.45) is 8.59. The summed E-state index contributed by atoms with van der Waals surface area (Å²) in [4.78, 5) is 16.6. The molecule has 2 heterocycles. The fraction of sp³-hybridized carbons (Fsp3) is 0.375. The van der Waals surface area contributed by atoms with Crippen LogP contribution >= 0.6 is 0 Å². The van der Waals surface area contributed by atoms with Crippen molar-refractivity contribution in [3.63, 3.8) is 0 Å². The Hall–Kier alpha value is -3.19. The number of likely N-dealkylation sites (N-methyl/N-ethyl adjacent to an activating group) is 1. The second-order valence-corrected chi connectivity index (χ2v) is 7.48. The minimum Gasteiger partial charge on any atom is -0.466 e. The molecule has 31 heavy (non-hydrogen) atoms. The van der Waals surface area contributed by atoms with E-state index in [0.29, 0.717) is 26.2 Å². The number of allylic oxidation sites excluding steroid dienone is 1. The zero-order valence-electron chi connectivity index (χ0n) is 18.2. The van der Waals surface area contributed by atoms with Crippen LogP contribution in [0.4, 0.5) is 5.69 Å². The predicted molar refractivity (Wildman–Crippen MR) is 123 cm³/mol. The van der Waals surface area contributed by atoms with E-state index in [0.717, 1.165) is 47.5 Å². The number of β-amino-alcohol motifs (C(OH)–C–C–N with tert-alkyl or cyclic N) is 1. The molecule has 0 spiro atoms. The van der Waals surface area contributed by atoms with Crippen molar-refractivity contribution in [3.8, 4) is 0 Å². The van der Waals surface area contributed by atoms with Crippen LogP contribution < -0.4 is 4.90 Å². The number of pyridine rings is 1. The maximum Gasteiger partial charge on any atom is 0.293 e. The molecule has 0 amide bonds. The number of rotatable bonds is 8. The van der Waals surface area contributed by atoms with Gasteiger partial charge in [-0.25, -0.2) is 0 Å².